The van der Waals surface area contributed by atoms with Gasteiger partial charge in [0.15, 0.2) is 0 Å². The van der Waals surface area contributed by atoms with Gasteiger partial charge in [0.25, 0.3) is 0 Å². The molecule has 1 N–H and O–H groups in total. The quantitative estimate of drug-likeness (QED) is 0.658. The minimum atomic E-state index is 0.333. The Hall–Kier alpha value is -0.120. The Morgan fingerprint density at radius 1 is 1.20 bits per heavy atom. The fourth-order valence-corrected chi connectivity index (χ4v) is 3.17. The molecule has 3 heteroatoms. The fourth-order valence-electron chi connectivity index (χ4n) is 3.17. The van der Waals surface area contributed by atoms with Gasteiger partial charge < -0.3 is 10.1 Å². The molecule has 0 amide bonds. The molecule has 0 saturated carbocycles. The summed E-state index contributed by atoms with van der Waals surface area (Å²) in [5.74, 6) is 0.699. The number of hydrogen-bond donors (Lipinski definition) is 1. The van der Waals surface area contributed by atoms with Crippen LogP contribution in [0.25, 0.3) is 0 Å². The van der Waals surface area contributed by atoms with Gasteiger partial charge in [-0.25, -0.2) is 0 Å². The second-order valence-corrected chi connectivity index (χ2v) is 6.57. The van der Waals surface area contributed by atoms with E-state index in [-0.39, 0.29) is 0 Å². The molecule has 1 atom stereocenters. The maximum absolute atomic E-state index is 5.79. The summed E-state index contributed by atoms with van der Waals surface area (Å²) in [6.07, 6.45) is 4.84. The molecule has 0 aromatic heterocycles. The van der Waals surface area contributed by atoms with Crippen LogP contribution in [0.4, 0.5) is 0 Å². The summed E-state index contributed by atoms with van der Waals surface area (Å²) in [4.78, 5) is 2.69. The minimum Gasteiger partial charge on any atom is -0.380 e. The summed E-state index contributed by atoms with van der Waals surface area (Å²) in [7, 11) is 0. The van der Waals surface area contributed by atoms with Crippen LogP contribution >= 0.6 is 0 Å². The zero-order valence-corrected chi connectivity index (χ0v) is 14.4. The molecule has 0 spiro atoms. The van der Waals surface area contributed by atoms with E-state index in [1.807, 2.05) is 0 Å². The number of nitrogens with zero attached hydrogens (tertiary/aromatic N) is 1. The van der Waals surface area contributed by atoms with E-state index in [4.69, 9.17) is 4.74 Å². The van der Waals surface area contributed by atoms with Crippen molar-refractivity contribution in [2.75, 3.05) is 32.8 Å². The summed E-state index contributed by atoms with van der Waals surface area (Å²) in [5.41, 5.74) is 0.333. The molecule has 1 rings (SSSR count). The van der Waals surface area contributed by atoms with Crippen molar-refractivity contribution in [3.05, 3.63) is 0 Å². The lowest BCUT2D eigenvalue weighted by atomic mass is 9.85. The predicted octanol–water partition coefficient (Wildman–Crippen LogP) is 3.29. The second kappa shape index (κ2) is 9.01. The standard InChI is InChI=1S/C17H36N2O/c1-6-9-11-20-12-10-19-13-16(15(4)5)18-14-17(19,7-2)8-3/h15-16,18H,6-14H2,1-5H3. The average Bonchev–Trinajstić information content (AvgIpc) is 2.46. The Morgan fingerprint density at radius 2 is 1.90 bits per heavy atom. The largest absolute Gasteiger partial charge is 0.380 e. The van der Waals surface area contributed by atoms with Gasteiger partial charge in [-0.3, -0.25) is 4.90 Å². The molecule has 1 saturated heterocycles. The van der Waals surface area contributed by atoms with Crippen LogP contribution in [0, 0.1) is 5.92 Å². The molecule has 1 aliphatic rings. The SMILES string of the molecule is CCCCOCCN1CC(C(C)C)NCC1(CC)CC. The van der Waals surface area contributed by atoms with Crippen LogP contribution in [0.1, 0.15) is 60.3 Å². The molecular weight excluding hydrogens is 248 g/mol. The van der Waals surface area contributed by atoms with Crippen LogP contribution in [-0.4, -0.2) is 49.3 Å². The van der Waals surface area contributed by atoms with Crippen molar-refractivity contribution in [2.24, 2.45) is 5.92 Å². The molecule has 120 valence electrons. The highest BCUT2D eigenvalue weighted by molar-refractivity contribution is 4.98. The first-order valence-electron chi connectivity index (χ1n) is 8.65. The minimum absolute atomic E-state index is 0.333. The molecule has 20 heavy (non-hydrogen) atoms. The van der Waals surface area contributed by atoms with Crippen molar-refractivity contribution >= 4 is 0 Å². The van der Waals surface area contributed by atoms with Gasteiger partial charge in [-0.15, -0.1) is 0 Å². The molecule has 0 aromatic carbocycles. The van der Waals surface area contributed by atoms with E-state index >= 15 is 0 Å². The number of rotatable bonds is 9. The summed E-state index contributed by atoms with van der Waals surface area (Å²) < 4.78 is 5.79. The maximum atomic E-state index is 5.79. The van der Waals surface area contributed by atoms with Gasteiger partial charge >= 0.3 is 0 Å². The topological polar surface area (TPSA) is 24.5 Å². The van der Waals surface area contributed by atoms with Crippen molar-refractivity contribution in [2.45, 2.75) is 71.9 Å². The van der Waals surface area contributed by atoms with Crippen molar-refractivity contribution in [3.8, 4) is 0 Å². The zero-order valence-electron chi connectivity index (χ0n) is 14.4. The highest BCUT2D eigenvalue weighted by Gasteiger charge is 2.39. The lowest BCUT2D eigenvalue weighted by molar-refractivity contribution is -0.00224. The number of unbranched alkanes of at least 4 members (excludes halogenated alkanes) is 1. The highest BCUT2D eigenvalue weighted by Crippen LogP contribution is 2.28. The van der Waals surface area contributed by atoms with E-state index in [0.717, 1.165) is 32.8 Å². The molecule has 0 aromatic rings. The van der Waals surface area contributed by atoms with Gasteiger partial charge in [0.1, 0.15) is 0 Å². The third-order valence-corrected chi connectivity index (χ3v) is 5.05. The van der Waals surface area contributed by atoms with Crippen molar-refractivity contribution in [3.63, 3.8) is 0 Å². The molecule has 0 bridgehead atoms. The van der Waals surface area contributed by atoms with E-state index in [1.165, 1.54) is 25.7 Å². The van der Waals surface area contributed by atoms with Crippen molar-refractivity contribution < 1.29 is 4.74 Å². The van der Waals surface area contributed by atoms with Crippen LogP contribution in [0.2, 0.25) is 0 Å². The second-order valence-electron chi connectivity index (χ2n) is 6.57. The summed E-state index contributed by atoms with van der Waals surface area (Å²) >= 11 is 0. The molecule has 1 unspecified atom stereocenters. The lowest BCUT2D eigenvalue weighted by Gasteiger charge is -2.50. The van der Waals surface area contributed by atoms with Crippen LogP contribution < -0.4 is 5.32 Å². The summed E-state index contributed by atoms with van der Waals surface area (Å²) in [6, 6.07) is 0.622. The Labute approximate surface area is 126 Å². The number of piperazine rings is 1. The van der Waals surface area contributed by atoms with Gasteiger partial charge in [0, 0.05) is 37.8 Å². The van der Waals surface area contributed by atoms with Gasteiger partial charge in [-0.1, -0.05) is 41.0 Å². The molecule has 0 radical (unpaired) electrons. The van der Waals surface area contributed by atoms with Gasteiger partial charge in [-0.05, 0) is 25.2 Å². The number of hydrogen-bond acceptors (Lipinski definition) is 3. The van der Waals surface area contributed by atoms with Crippen LogP contribution in [0.3, 0.4) is 0 Å². The molecule has 1 fully saturated rings. The Morgan fingerprint density at radius 3 is 2.45 bits per heavy atom. The molecular formula is C17H36N2O. The summed E-state index contributed by atoms with van der Waals surface area (Å²) in [5, 5.41) is 3.77. The zero-order chi connectivity index (χ0) is 15.0. The first-order chi connectivity index (χ1) is 9.59. The third kappa shape index (κ3) is 4.71. The van der Waals surface area contributed by atoms with E-state index in [1.54, 1.807) is 0 Å². The highest BCUT2D eigenvalue weighted by atomic mass is 16.5. The molecule has 3 nitrogen and oxygen atoms in total. The first-order valence-corrected chi connectivity index (χ1v) is 8.65. The first kappa shape index (κ1) is 17.9. The fraction of sp³-hybridized carbons (Fsp3) is 1.00. The van der Waals surface area contributed by atoms with Gasteiger partial charge in [0.05, 0.1) is 6.61 Å². The average molecular weight is 284 g/mol. The number of ether oxygens (including phenoxy) is 1. The van der Waals surface area contributed by atoms with Crippen LogP contribution in [0.5, 0.6) is 0 Å². The molecule has 1 aliphatic heterocycles. The summed E-state index contributed by atoms with van der Waals surface area (Å²) in [6.45, 7) is 16.7. The normalized spacial score (nSPS) is 23.4. The van der Waals surface area contributed by atoms with Crippen molar-refractivity contribution in [1.82, 2.24) is 10.2 Å². The number of nitrogens with one attached hydrogen (secondary N) is 1. The molecule has 0 aliphatic carbocycles. The van der Waals surface area contributed by atoms with E-state index < -0.39 is 0 Å². The Balaban J connectivity index is 2.53. The van der Waals surface area contributed by atoms with E-state index in [0.29, 0.717) is 17.5 Å². The van der Waals surface area contributed by atoms with Gasteiger partial charge in [0.2, 0.25) is 0 Å². The van der Waals surface area contributed by atoms with E-state index in [9.17, 15) is 0 Å². The third-order valence-electron chi connectivity index (χ3n) is 5.05. The monoisotopic (exact) mass is 284 g/mol. The van der Waals surface area contributed by atoms with Crippen LogP contribution in [0.15, 0.2) is 0 Å². The van der Waals surface area contributed by atoms with Gasteiger partial charge in [-0.2, -0.15) is 0 Å². The van der Waals surface area contributed by atoms with E-state index in [2.05, 4.69) is 44.8 Å². The Bertz CT molecular complexity index is 251. The maximum Gasteiger partial charge on any atom is 0.0593 e. The van der Waals surface area contributed by atoms with Crippen molar-refractivity contribution in [1.29, 1.82) is 0 Å². The van der Waals surface area contributed by atoms with Crippen LogP contribution in [-0.2, 0) is 4.74 Å². The predicted molar refractivity (Wildman–Crippen MR) is 87.2 cm³/mol. The lowest BCUT2D eigenvalue weighted by Crippen LogP contribution is -2.65. The Kier molecular flexibility index (Phi) is 8.08. The molecule has 1 heterocycles. The smallest absolute Gasteiger partial charge is 0.0593 e.